The Balaban J connectivity index is 1.13. The van der Waals surface area contributed by atoms with Gasteiger partial charge in [-0.2, -0.15) is 0 Å². The first-order valence-electron chi connectivity index (χ1n) is 13.9. The first-order chi connectivity index (χ1) is 18.0. The monoisotopic (exact) mass is 496 g/mol. The fourth-order valence-electron chi connectivity index (χ4n) is 5.88. The average Bonchev–Trinajstić information content (AvgIpc) is 3.27. The number of benzene rings is 3. The fourth-order valence-corrected chi connectivity index (χ4v) is 5.88. The highest BCUT2D eigenvalue weighted by atomic mass is 16.5. The van der Waals surface area contributed by atoms with Crippen molar-refractivity contribution < 1.29 is 9.53 Å². The second kappa shape index (κ2) is 11.5. The van der Waals surface area contributed by atoms with Crippen molar-refractivity contribution in [2.45, 2.75) is 58.6 Å². The number of hydrogen-bond donors (Lipinski definition) is 1. The lowest BCUT2D eigenvalue weighted by Gasteiger charge is -2.32. The second-order valence-electron chi connectivity index (χ2n) is 11.5. The van der Waals surface area contributed by atoms with Crippen molar-refractivity contribution in [2.75, 3.05) is 19.6 Å². The SMILES string of the molecule is CC1(C)CCCC1CNC(=O)c1ccc(-c2cccc(OC3CCN(Cc4ccccc4)CC3)c2)cc1. The van der Waals surface area contributed by atoms with Gasteiger partial charge in [-0.25, -0.2) is 0 Å². The van der Waals surface area contributed by atoms with Crippen molar-refractivity contribution in [1.82, 2.24) is 10.2 Å². The van der Waals surface area contributed by atoms with E-state index >= 15 is 0 Å². The summed E-state index contributed by atoms with van der Waals surface area (Å²) < 4.78 is 6.38. The van der Waals surface area contributed by atoms with Gasteiger partial charge in [0, 0.05) is 31.7 Å². The van der Waals surface area contributed by atoms with Crippen molar-refractivity contribution in [3.63, 3.8) is 0 Å². The molecule has 0 bridgehead atoms. The Morgan fingerprint density at radius 2 is 1.68 bits per heavy atom. The first-order valence-corrected chi connectivity index (χ1v) is 13.9. The van der Waals surface area contributed by atoms with Crippen molar-refractivity contribution in [1.29, 1.82) is 0 Å². The first kappa shape index (κ1) is 25.5. The standard InChI is InChI=1S/C33H40N2O2/c1-33(2)19-7-11-29(33)23-34-32(36)27-15-13-26(14-16-27)28-10-6-12-31(22-28)37-30-17-20-35(21-18-30)24-25-8-4-3-5-9-25/h3-6,8-10,12-16,22,29-30H,7,11,17-21,23-24H2,1-2H3,(H,34,36). The summed E-state index contributed by atoms with van der Waals surface area (Å²) in [7, 11) is 0. The molecule has 1 saturated carbocycles. The number of rotatable bonds is 8. The molecule has 0 radical (unpaired) electrons. The van der Waals surface area contributed by atoms with E-state index in [4.69, 9.17) is 4.74 Å². The zero-order valence-corrected chi connectivity index (χ0v) is 22.3. The summed E-state index contributed by atoms with van der Waals surface area (Å²) in [6.45, 7) is 8.52. The van der Waals surface area contributed by atoms with Gasteiger partial charge in [0.2, 0.25) is 0 Å². The van der Waals surface area contributed by atoms with Crippen LogP contribution in [0.2, 0.25) is 0 Å². The van der Waals surface area contributed by atoms with Crippen molar-refractivity contribution >= 4 is 5.91 Å². The Kier molecular flexibility index (Phi) is 7.95. The third-order valence-electron chi connectivity index (χ3n) is 8.39. The molecule has 5 rings (SSSR count). The lowest BCUT2D eigenvalue weighted by molar-refractivity contribution is 0.0936. The number of carbonyl (C=O) groups is 1. The summed E-state index contributed by atoms with van der Waals surface area (Å²) in [5, 5.41) is 3.16. The largest absolute Gasteiger partial charge is 0.490 e. The summed E-state index contributed by atoms with van der Waals surface area (Å²) in [5.41, 5.74) is 4.61. The number of likely N-dealkylation sites (tertiary alicyclic amines) is 1. The third kappa shape index (κ3) is 6.61. The number of amides is 1. The van der Waals surface area contributed by atoms with Crippen LogP contribution in [0.3, 0.4) is 0 Å². The van der Waals surface area contributed by atoms with Crippen LogP contribution >= 0.6 is 0 Å². The van der Waals surface area contributed by atoms with E-state index in [1.54, 1.807) is 0 Å². The minimum atomic E-state index is 0.0185. The number of carbonyl (C=O) groups excluding carboxylic acids is 1. The number of nitrogens with zero attached hydrogens (tertiary/aromatic N) is 1. The van der Waals surface area contributed by atoms with Crippen LogP contribution in [0.25, 0.3) is 11.1 Å². The molecule has 4 heteroatoms. The van der Waals surface area contributed by atoms with Gasteiger partial charge in [-0.3, -0.25) is 9.69 Å². The van der Waals surface area contributed by atoms with Crippen molar-refractivity contribution in [3.05, 3.63) is 90.0 Å². The van der Waals surface area contributed by atoms with Crippen LogP contribution in [0.15, 0.2) is 78.9 Å². The summed E-state index contributed by atoms with van der Waals surface area (Å²) in [5.74, 6) is 1.50. The topological polar surface area (TPSA) is 41.6 Å². The molecule has 1 heterocycles. The van der Waals surface area contributed by atoms with E-state index < -0.39 is 0 Å². The van der Waals surface area contributed by atoms with Crippen LogP contribution in [0.4, 0.5) is 0 Å². The van der Waals surface area contributed by atoms with E-state index in [1.807, 2.05) is 30.3 Å². The quantitative estimate of drug-likeness (QED) is 0.367. The molecule has 37 heavy (non-hydrogen) atoms. The predicted molar refractivity (Wildman–Crippen MR) is 151 cm³/mol. The van der Waals surface area contributed by atoms with Gasteiger partial charge >= 0.3 is 0 Å². The number of nitrogens with one attached hydrogen (secondary N) is 1. The third-order valence-corrected chi connectivity index (χ3v) is 8.39. The lowest BCUT2D eigenvalue weighted by atomic mass is 9.82. The van der Waals surface area contributed by atoms with E-state index in [0.29, 0.717) is 16.9 Å². The van der Waals surface area contributed by atoms with Crippen molar-refractivity contribution in [2.24, 2.45) is 11.3 Å². The highest BCUT2D eigenvalue weighted by Gasteiger charge is 2.34. The molecule has 194 valence electrons. The second-order valence-corrected chi connectivity index (χ2v) is 11.5. The highest BCUT2D eigenvalue weighted by Crippen LogP contribution is 2.42. The van der Waals surface area contributed by atoms with Crippen LogP contribution < -0.4 is 10.1 Å². The maximum atomic E-state index is 12.7. The smallest absolute Gasteiger partial charge is 0.251 e. The molecule has 2 aliphatic rings. The summed E-state index contributed by atoms with van der Waals surface area (Å²) >= 11 is 0. The molecule has 3 aromatic carbocycles. The zero-order chi connectivity index (χ0) is 25.7. The fraction of sp³-hybridized carbons (Fsp3) is 0.424. The van der Waals surface area contributed by atoms with Crippen LogP contribution in [-0.2, 0) is 6.54 Å². The van der Waals surface area contributed by atoms with Gasteiger partial charge in [-0.1, -0.05) is 74.9 Å². The van der Waals surface area contributed by atoms with E-state index in [9.17, 15) is 4.79 Å². The van der Waals surface area contributed by atoms with Gasteiger partial charge in [0.05, 0.1) is 0 Å². The maximum absolute atomic E-state index is 12.7. The maximum Gasteiger partial charge on any atom is 0.251 e. The Bertz CT molecular complexity index is 1160. The molecular weight excluding hydrogens is 456 g/mol. The van der Waals surface area contributed by atoms with E-state index in [-0.39, 0.29) is 12.0 Å². The molecule has 1 amide bonds. The molecule has 0 aromatic heterocycles. The van der Waals surface area contributed by atoms with Crippen LogP contribution in [0.1, 0.15) is 61.9 Å². The Labute approximate surface area is 222 Å². The molecule has 4 nitrogen and oxygen atoms in total. The minimum Gasteiger partial charge on any atom is -0.490 e. The lowest BCUT2D eigenvalue weighted by Crippen LogP contribution is -2.37. The van der Waals surface area contributed by atoms with Gasteiger partial charge in [-0.05, 0) is 78.0 Å². The molecule has 1 atom stereocenters. The predicted octanol–water partition coefficient (Wildman–Crippen LogP) is 6.95. The van der Waals surface area contributed by atoms with Crippen LogP contribution in [0, 0.1) is 11.3 Å². The van der Waals surface area contributed by atoms with Crippen LogP contribution in [-0.4, -0.2) is 36.5 Å². The Morgan fingerprint density at radius 3 is 2.38 bits per heavy atom. The Hall–Kier alpha value is -3.11. The molecular formula is C33H40N2O2. The van der Waals surface area contributed by atoms with Gasteiger partial charge in [0.1, 0.15) is 11.9 Å². The molecule has 1 N–H and O–H groups in total. The highest BCUT2D eigenvalue weighted by molar-refractivity contribution is 5.94. The number of piperidine rings is 1. The van der Waals surface area contributed by atoms with Crippen molar-refractivity contribution in [3.8, 4) is 16.9 Å². The minimum absolute atomic E-state index is 0.0185. The normalized spacial score (nSPS) is 20.0. The van der Waals surface area contributed by atoms with E-state index in [0.717, 1.165) is 55.9 Å². The summed E-state index contributed by atoms with van der Waals surface area (Å²) in [4.78, 5) is 15.2. The molecule has 1 aliphatic carbocycles. The van der Waals surface area contributed by atoms with Crippen LogP contribution in [0.5, 0.6) is 5.75 Å². The van der Waals surface area contributed by atoms with Gasteiger partial charge in [0.15, 0.2) is 0 Å². The van der Waals surface area contributed by atoms with Gasteiger partial charge in [-0.15, -0.1) is 0 Å². The average molecular weight is 497 g/mol. The summed E-state index contributed by atoms with van der Waals surface area (Å²) in [6.07, 6.45) is 6.05. The molecule has 2 fully saturated rings. The Morgan fingerprint density at radius 1 is 0.919 bits per heavy atom. The molecule has 3 aromatic rings. The number of ether oxygens (including phenoxy) is 1. The molecule has 0 spiro atoms. The van der Waals surface area contributed by atoms with E-state index in [2.05, 4.69) is 72.6 Å². The van der Waals surface area contributed by atoms with Gasteiger partial charge in [0.25, 0.3) is 5.91 Å². The zero-order valence-electron chi connectivity index (χ0n) is 22.3. The molecule has 1 unspecified atom stereocenters. The number of hydrogen-bond acceptors (Lipinski definition) is 3. The van der Waals surface area contributed by atoms with Gasteiger partial charge < -0.3 is 10.1 Å². The molecule has 1 saturated heterocycles. The van der Waals surface area contributed by atoms with E-state index in [1.165, 1.54) is 24.8 Å². The molecule has 1 aliphatic heterocycles. The summed E-state index contributed by atoms with van der Waals surface area (Å²) in [6, 6.07) is 26.9.